The highest BCUT2D eigenvalue weighted by molar-refractivity contribution is 6.01. The molecule has 2 aromatic rings. The van der Waals surface area contributed by atoms with Gasteiger partial charge in [-0.25, -0.2) is 0 Å². The highest BCUT2D eigenvalue weighted by atomic mass is 16.5. The average molecular weight is 392 g/mol. The van der Waals surface area contributed by atoms with E-state index in [1.165, 1.54) is 6.42 Å². The van der Waals surface area contributed by atoms with Crippen LogP contribution in [-0.4, -0.2) is 24.5 Å². The number of hydrogen-bond acceptors (Lipinski definition) is 5. The molecule has 1 spiro atoms. The molecule has 2 aliphatic heterocycles. The lowest BCUT2D eigenvalue weighted by molar-refractivity contribution is -0.135. The quantitative estimate of drug-likeness (QED) is 0.542. The molecule has 2 aromatic carbocycles. The second kappa shape index (κ2) is 6.90. The molecular formula is C24H24O5. The molecule has 0 unspecified atom stereocenters. The fourth-order valence-corrected chi connectivity index (χ4v) is 5.00. The van der Waals surface area contributed by atoms with Gasteiger partial charge in [0.1, 0.15) is 22.8 Å². The van der Waals surface area contributed by atoms with Crippen molar-refractivity contribution in [2.24, 2.45) is 0 Å². The van der Waals surface area contributed by atoms with Crippen LogP contribution >= 0.6 is 0 Å². The number of ketones is 1. The van der Waals surface area contributed by atoms with Crippen molar-refractivity contribution in [3.05, 3.63) is 53.1 Å². The number of benzene rings is 2. The Kier molecular flexibility index (Phi) is 4.34. The van der Waals surface area contributed by atoms with Gasteiger partial charge in [-0.15, -0.1) is 0 Å². The van der Waals surface area contributed by atoms with Crippen LogP contribution in [0.25, 0.3) is 0 Å². The molecule has 1 atom stereocenters. The van der Waals surface area contributed by atoms with Crippen LogP contribution in [0.15, 0.2) is 36.4 Å². The summed E-state index contributed by atoms with van der Waals surface area (Å²) < 4.78 is 17.4. The number of fused-ring (bicyclic) bond motifs is 3. The monoisotopic (exact) mass is 392 g/mol. The van der Waals surface area contributed by atoms with Crippen LogP contribution in [0.2, 0.25) is 0 Å². The van der Waals surface area contributed by atoms with Crippen molar-refractivity contribution in [1.82, 2.24) is 0 Å². The number of hydrogen-bond donors (Lipinski definition) is 0. The van der Waals surface area contributed by atoms with Gasteiger partial charge in [0.25, 0.3) is 0 Å². The van der Waals surface area contributed by atoms with Crippen molar-refractivity contribution in [3.8, 4) is 17.2 Å². The standard InChI is InChI=1S/C24H24O5/c1-27-16-7-5-15(6-8-16)18-13-21(26)28-20-10-9-17-19(25)14-24(11-3-2-4-12-24)29-23(17)22(18)20/h5-10,18H,2-4,11-14H2,1H3/t18-/m1/s1. The lowest BCUT2D eigenvalue weighted by Crippen LogP contribution is -2.44. The molecule has 1 fully saturated rings. The molecule has 5 nitrogen and oxygen atoms in total. The summed E-state index contributed by atoms with van der Waals surface area (Å²) in [7, 11) is 1.63. The zero-order valence-electron chi connectivity index (χ0n) is 16.5. The van der Waals surface area contributed by atoms with Gasteiger partial charge in [0.15, 0.2) is 5.78 Å². The number of carbonyl (C=O) groups excluding carboxylic acids is 2. The Morgan fingerprint density at radius 2 is 1.76 bits per heavy atom. The van der Waals surface area contributed by atoms with Crippen LogP contribution in [0.4, 0.5) is 0 Å². The van der Waals surface area contributed by atoms with Crippen molar-refractivity contribution in [2.75, 3.05) is 7.11 Å². The van der Waals surface area contributed by atoms with Crippen LogP contribution < -0.4 is 14.2 Å². The molecule has 5 heteroatoms. The van der Waals surface area contributed by atoms with Gasteiger partial charge >= 0.3 is 5.97 Å². The topological polar surface area (TPSA) is 61.8 Å². The molecule has 3 aliphatic rings. The van der Waals surface area contributed by atoms with Crippen molar-refractivity contribution < 1.29 is 23.8 Å². The fourth-order valence-electron chi connectivity index (χ4n) is 5.00. The summed E-state index contributed by atoms with van der Waals surface area (Å²) in [6.07, 6.45) is 5.80. The van der Waals surface area contributed by atoms with E-state index in [2.05, 4.69) is 0 Å². The van der Waals surface area contributed by atoms with E-state index in [9.17, 15) is 9.59 Å². The van der Waals surface area contributed by atoms with Crippen molar-refractivity contribution in [1.29, 1.82) is 0 Å². The molecule has 5 rings (SSSR count). The van der Waals surface area contributed by atoms with Gasteiger partial charge in [-0.3, -0.25) is 9.59 Å². The second-order valence-electron chi connectivity index (χ2n) is 8.30. The van der Waals surface area contributed by atoms with E-state index in [-0.39, 0.29) is 24.1 Å². The maximum Gasteiger partial charge on any atom is 0.312 e. The minimum absolute atomic E-state index is 0.126. The molecule has 0 bridgehead atoms. The van der Waals surface area contributed by atoms with Gasteiger partial charge < -0.3 is 14.2 Å². The Labute approximate surface area is 170 Å². The maximum atomic E-state index is 13.0. The molecule has 0 N–H and O–H groups in total. The Balaban J connectivity index is 1.63. The largest absolute Gasteiger partial charge is 0.497 e. The third-order valence-electron chi connectivity index (χ3n) is 6.48. The third kappa shape index (κ3) is 3.09. The zero-order valence-corrected chi connectivity index (χ0v) is 16.5. The van der Waals surface area contributed by atoms with Crippen LogP contribution in [0.3, 0.4) is 0 Å². The molecule has 0 aromatic heterocycles. The number of Topliss-reactive ketones (excluding diaryl/α,β-unsaturated/α-hetero) is 1. The lowest BCUT2D eigenvalue weighted by atomic mass is 9.76. The second-order valence-corrected chi connectivity index (χ2v) is 8.30. The first kappa shape index (κ1) is 18.2. The number of methoxy groups -OCH3 is 1. The van der Waals surface area contributed by atoms with Gasteiger partial charge in [-0.2, -0.15) is 0 Å². The summed E-state index contributed by atoms with van der Waals surface area (Å²) in [6.45, 7) is 0. The average Bonchev–Trinajstić information content (AvgIpc) is 2.73. The predicted octanol–water partition coefficient (Wildman–Crippen LogP) is 4.80. The summed E-state index contributed by atoms with van der Waals surface area (Å²) in [6, 6.07) is 11.2. The van der Waals surface area contributed by atoms with E-state index in [1.54, 1.807) is 19.2 Å². The van der Waals surface area contributed by atoms with Crippen LogP contribution in [-0.2, 0) is 4.79 Å². The molecule has 29 heavy (non-hydrogen) atoms. The highest BCUT2D eigenvalue weighted by Gasteiger charge is 2.44. The Bertz CT molecular complexity index is 970. The minimum Gasteiger partial charge on any atom is -0.497 e. The van der Waals surface area contributed by atoms with E-state index >= 15 is 0 Å². The highest BCUT2D eigenvalue weighted by Crippen LogP contribution is 2.51. The van der Waals surface area contributed by atoms with Crippen LogP contribution in [0, 0.1) is 0 Å². The summed E-state index contributed by atoms with van der Waals surface area (Å²) in [5.74, 6) is 1.53. The van der Waals surface area contributed by atoms with Crippen LogP contribution in [0.1, 0.15) is 72.3 Å². The minimum atomic E-state index is -0.413. The van der Waals surface area contributed by atoms with E-state index in [1.807, 2.05) is 24.3 Å². The first-order chi connectivity index (χ1) is 14.1. The number of ether oxygens (including phenoxy) is 3. The summed E-state index contributed by atoms with van der Waals surface area (Å²) in [5.41, 5.74) is 2.00. The van der Waals surface area contributed by atoms with Crippen LogP contribution in [0.5, 0.6) is 17.2 Å². The van der Waals surface area contributed by atoms with Gasteiger partial charge in [0.2, 0.25) is 0 Å². The zero-order chi connectivity index (χ0) is 20.0. The molecular weight excluding hydrogens is 368 g/mol. The van der Waals surface area contributed by atoms with Gasteiger partial charge in [0.05, 0.1) is 25.5 Å². The molecule has 150 valence electrons. The Hall–Kier alpha value is -2.82. The first-order valence-corrected chi connectivity index (χ1v) is 10.3. The molecule has 2 heterocycles. The predicted molar refractivity (Wildman–Crippen MR) is 107 cm³/mol. The maximum absolute atomic E-state index is 13.0. The number of carbonyl (C=O) groups is 2. The van der Waals surface area contributed by atoms with E-state index < -0.39 is 5.60 Å². The molecule has 1 aliphatic carbocycles. The van der Waals surface area contributed by atoms with Gasteiger partial charge in [-0.05, 0) is 55.5 Å². The Morgan fingerprint density at radius 3 is 2.48 bits per heavy atom. The summed E-state index contributed by atoms with van der Waals surface area (Å²) in [5, 5.41) is 0. The molecule has 0 saturated heterocycles. The lowest BCUT2D eigenvalue weighted by Gasteiger charge is -2.42. The Morgan fingerprint density at radius 1 is 1.00 bits per heavy atom. The third-order valence-corrected chi connectivity index (χ3v) is 6.48. The normalized spacial score (nSPS) is 22.3. The van der Waals surface area contributed by atoms with Gasteiger partial charge in [-0.1, -0.05) is 18.6 Å². The molecule has 0 radical (unpaired) electrons. The summed E-state index contributed by atoms with van der Waals surface area (Å²) >= 11 is 0. The van der Waals surface area contributed by atoms with E-state index in [0.29, 0.717) is 23.5 Å². The van der Waals surface area contributed by atoms with Gasteiger partial charge in [0, 0.05) is 11.5 Å². The summed E-state index contributed by atoms with van der Waals surface area (Å²) in [4.78, 5) is 25.3. The fraction of sp³-hybridized carbons (Fsp3) is 0.417. The SMILES string of the molecule is COc1ccc([C@H]2CC(=O)Oc3ccc4c(c32)OC2(CCCCC2)CC4=O)cc1. The number of esters is 1. The first-order valence-electron chi connectivity index (χ1n) is 10.3. The molecule has 0 amide bonds. The van der Waals surface area contributed by atoms with E-state index in [4.69, 9.17) is 14.2 Å². The number of rotatable bonds is 2. The van der Waals surface area contributed by atoms with Crippen molar-refractivity contribution >= 4 is 11.8 Å². The molecule has 1 saturated carbocycles. The van der Waals surface area contributed by atoms with Crippen molar-refractivity contribution in [2.45, 2.75) is 56.5 Å². The van der Waals surface area contributed by atoms with E-state index in [0.717, 1.165) is 42.6 Å². The van der Waals surface area contributed by atoms with Crippen molar-refractivity contribution in [3.63, 3.8) is 0 Å². The smallest absolute Gasteiger partial charge is 0.312 e.